The van der Waals surface area contributed by atoms with Gasteiger partial charge in [0, 0.05) is 24.0 Å². The summed E-state index contributed by atoms with van der Waals surface area (Å²) in [5.41, 5.74) is 3.84. The van der Waals surface area contributed by atoms with Gasteiger partial charge in [-0.15, -0.1) is 0 Å². The van der Waals surface area contributed by atoms with E-state index in [4.69, 9.17) is 23.2 Å². The number of nitrogens with zero attached hydrogens (tertiary/aromatic N) is 2. The van der Waals surface area contributed by atoms with Crippen LogP contribution in [0, 0.1) is 19.7 Å². The molecule has 0 saturated carbocycles. The molecule has 1 heterocycles. The smallest absolute Gasteiger partial charge is 0.160 e. The number of hydrogen-bond donors (Lipinski definition) is 1. The molecule has 0 aliphatic rings. The molecule has 0 aliphatic heterocycles. The first kappa shape index (κ1) is 15.1. The summed E-state index contributed by atoms with van der Waals surface area (Å²) in [6.45, 7) is 5.99. The van der Waals surface area contributed by atoms with Crippen LogP contribution in [-0.2, 0) is 7.05 Å². The largest absolute Gasteiger partial charge is 0.378 e. The number of aryl methyl sites for hydroxylation is 2. The summed E-state index contributed by atoms with van der Waals surface area (Å²) in [6.07, 6.45) is 0. The molecule has 0 fully saturated rings. The van der Waals surface area contributed by atoms with E-state index in [1.54, 1.807) is 0 Å². The third-order valence-corrected chi connectivity index (χ3v) is 3.92. The highest BCUT2D eigenvalue weighted by molar-refractivity contribution is 6.35. The molecule has 0 aliphatic carbocycles. The van der Waals surface area contributed by atoms with Gasteiger partial charge in [0.25, 0.3) is 0 Å². The van der Waals surface area contributed by atoms with Crippen molar-refractivity contribution in [2.75, 3.05) is 5.32 Å². The summed E-state index contributed by atoms with van der Waals surface area (Å²) < 4.78 is 15.2. The number of benzene rings is 1. The zero-order valence-corrected chi connectivity index (χ0v) is 13.3. The van der Waals surface area contributed by atoms with Crippen LogP contribution in [0.15, 0.2) is 12.1 Å². The topological polar surface area (TPSA) is 29.9 Å². The van der Waals surface area contributed by atoms with E-state index in [0.717, 1.165) is 17.0 Å². The van der Waals surface area contributed by atoms with Gasteiger partial charge in [-0.25, -0.2) is 4.39 Å². The molecular formula is C14H16Cl2FN3. The van der Waals surface area contributed by atoms with Crippen molar-refractivity contribution in [2.24, 2.45) is 7.05 Å². The number of aromatic nitrogens is 2. The number of rotatable bonds is 3. The summed E-state index contributed by atoms with van der Waals surface area (Å²) in [6, 6.07) is 3.07. The molecule has 108 valence electrons. The van der Waals surface area contributed by atoms with Gasteiger partial charge in [0.15, 0.2) is 5.82 Å². The fourth-order valence-corrected chi connectivity index (χ4v) is 2.86. The van der Waals surface area contributed by atoms with Crippen LogP contribution < -0.4 is 5.32 Å². The second-order valence-electron chi connectivity index (χ2n) is 4.83. The molecule has 6 heteroatoms. The van der Waals surface area contributed by atoms with Crippen molar-refractivity contribution in [3.05, 3.63) is 44.9 Å². The molecule has 1 aromatic heterocycles. The van der Waals surface area contributed by atoms with E-state index >= 15 is 0 Å². The normalized spacial score (nSPS) is 12.6. The lowest BCUT2D eigenvalue weighted by Crippen LogP contribution is -2.09. The van der Waals surface area contributed by atoms with E-state index in [0.29, 0.717) is 5.69 Å². The Morgan fingerprint density at radius 3 is 2.25 bits per heavy atom. The van der Waals surface area contributed by atoms with Crippen molar-refractivity contribution in [2.45, 2.75) is 26.8 Å². The van der Waals surface area contributed by atoms with E-state index in [-0.39, 0.29) is 16.1 Å². The zero-order valence-electron chi connectivity index (χ0n) is 11.8. The molecule has 1 aromatic carbocycles. The van der Waals surface area contributed by atoms with Crippen molar-refractivity contribution in [3.63, 3.8) is 0 Å². The molecule has 1 unspecified atom stereocenters. The second-order valence-corrected chi connectivity index (χ2v) is 5.64. The third kappa shape index (κ3) is 2.76. The minimum atomic E-state index is -0.597. The Morgan fingerprint density at radius 2 is 1.80 bits per heavy atom. The van der Waals surface area contributed by atoms with E-state index in [9.17, 15) is 4.39 Å². The monoisotopic (exact) mass is 315 g/mol. The van der Waals surface area contributed by atoms with Gasteiger partial charge in [0.05, 0.1) is 21.8 Å². The standard InChI is InChI=1S/C14H16Cl2FN3/c1-7(13-8(2)19-20(4)9(13)3)18-10-5-11(15)14(17)12(16)6-10/h5-7,18H,1-4H3. The Balaban J connectivity index is 2.30. The fourth-order valence-electron chi connectivity index (χ4n) is 2.38. The molecule has 0 saturated heterocycles. The number of nitrogens with one attached hydrogen (secondary N) is 1. The van der Waals surface area contributed by atoms with Crippen molar-refractivity contribution in [3.8, 4) is 0 Å². The summed E-state index contributed by atoms with van der Waals surface area (Å²) in [7, 11) is 1.91. The summed E-state index contributed by atoms with van der Waals surface area (Å²) in [5, 5.41) is 7.67. The van der Waals surface area contributed by atoms with Crippen molar-refractivity contribution in [1.29, 1.82) is 0 Å². The van der Waals surface area contributed by atoms with Crippen LogP contribution in [0.4, 0.5) is 10.1 Å². The van der Waals surface area contributed by atoms with Gasteiger partial charge >= 0.3 is 0 Å². The van der Waals surface area contributed by atoms with Gasteiger partial charge in [-0.1, -0.05) is 23.2 Å². The molecule has 1 N–H and O–H groups in total. The van der Waals surface area contributed by atoms with E-state index in [1.165, 1.54) is 12.1 Å². The Morgan fingerprint density at radius 1 is 1.25 bits per heavy atom. The Hall–Kier alpha value is -1.26. The molecule has 2 rings (SSSR count). The predicted octanol–water partition coefficient (Wildman–Crippen LogP) is 4.66. The SMILES string of the molecule is Cc1nn(C)c(C)c1C(C)Nc1cc(Cl)c(F)c(Cl)c1. The van der Waals surface area contributed by atoms with Crippen LogP contribution in [0.2, 0.25) is 10.0 Å². The molecule has 0 amide bonds. The van der Waals surface area contributed by atoms with Gasteiger partial charge < -0.3 is 5.32 Å². The third-order valence-electron chi connectivity index (χ3n) is 3.36. The number of anilines is 1. The Bertz CT molecular complexity index is 629. The van der Waals surface area contributed by atoms with Crippen LogP contribution >= 0.6 is 23.2 Å². The molecule has 0 spiro atoms. The summed E-state index contributed by atoms with van der Waals surface area (Å²) in [5.74, 6) is -0.597. The van der Waals surface area contributed by atoms with Gasteiger partial charge in [-0.2, -0.15) is 5.10 Å². The molecule has 1 atom stereocenters. The number of hydrogen-bond acceptors (Lipinski definition) is 2. The summed E-state index contributed by atoms with van der Waals surface area (Å²) in [4.78, 5) is 0. The minimum Gasteiger partial charge on any atom is -0.378 e. The van der Waals surface area contributed by atoms with Crippen molar-refractivity contribution < 1.29 is 4.39 Å². The maximum atomic E-state index is 13.4. The van der Waals surface area contributed by atoms with Crippen LogP contribution in [0.1, 0.15) is 29.9 Å². The average Bonchev–Trinajstić information content (AvgIpc) is 2.60. The lowest BCUT2D eigenvalue weighted by atomic mass is 10.1. The highest BCUT2D eigenvalue weighted by Crippen LogP contribution is 2.30. The maximum absolute atomic E-state index is 13.4. The van der Waals surface area contributed by atoms with Crippen molar-refractivity contribution in [1.82, 2.24) is 9.78 Å². The predicted molar refractivity (Wildman–Crippen MR) is 81.1 cm³/mol. The lowest BCUT2D eigenvalue weighted by Gasteiger charge is -2.17. The highest BCUT2D eigenvalue weighted by Gasteiger charge is 2.17. The Kier molecular flexibility index (Phi) is 4.25. The first-order valence-corrected chi connectivity index (χ1v) is 6.98. The van der Waals surface area contributed by atoms with Gasteiger partial charge in [-0.3, -0.25) is 4.68 Å². The molecule has 0 bridgehead atoms. The van der Waals surface area contributed by atoms with E-state index < -0.39 is 5.82 Å². The van der Waals surface area contributed by atoms with Gasteiger partial charge in [-0.05, 0) is 32.9 Å². The van der Waals surface area contributed by atoms with Crippen molar-refractivity contribution >= 4 is 28.9 Å². The number of halogens is 3. The van der Waals surface area contributed by atoms with Crippen LogP contribution in [0.25, 0.3) is 0 Å². The quantitative estimate of drug-likeness (QED) is 0.835. The molecule has 2 aromatic rings. The Labute approximate surface area is 127 Å². The maximum Gasteiger partial charge on any atom is 0.160 e. The van der Waals surface area contributed by atoms with Crippen LogP contribution in [-0.4, -0.2) is 9.78 Å². The molecule has 3 nitrogen and oxygen atoms in total. The van der Waals surface area contributed by atoms with Gasteiger partial charge in [0.1, 0.15) is 0 Å². The second kappa shape index (κ2) is 5.62. The first-order chi connectivity index (χ1) is 9.31. The molecule has 20 heavy (non-hydrogen) atoms. The fraction of sp³-hybridized carbons (Fsp3) is 0.357. The molecule has 0 radical (unpaired) electrons. The lowest BCUT2D eigenvalue weighted by molar-refractivity contribution is 0.628. The van der Waals surface area contributed by atoms with Crippen LogP contribution in [0.3, 0.4) is 0 Å². The van der Waals surface area contributed by atoms with Gasteiger partial charge in [0.2, 0.25) is 0 Å². The highest BCUT2D eigenvalue weighted by atomic mass is 35.5. The van der Waals surface area contributed by atoms with E-state index in [2.05, 4.69) is 10.4 Å². The van der Waals surface area contributed by atoms with Crippen LogP contribution in [0.5, 0.6) is 0 Å². The minimum absolute atomic E-state index is 0.00632. The van der Waals surface area contributed by atoms with E-state index in [1.807, 2.05) is 32.5 Å². The average molecular weight is 316 g/mol. The summed E-state index contributed by atoms with van der Waals surface area (Å²) >= 11 is 11.6. The molecular weight excluding hydrogens is 300 g/mol. The first-order valence-electron chi connectivity index (χ1n) is 6.22. The zero-order chi connectivity index (χ0) is 15.0.